The van der Waals surface area contributed by atoms with Crippen LogP contribution in [0.4, 0.5) is 13.2 Å². The van der Waals surface area contributed by atoms with Gasteiger partial charge in [0.05, 0.1) is 0 Å². The van der Waals surface area contributed by atoms with Crippen LogP contribution in [0, 0.1) is 6.92 Å². The standard InChI is InChI=1S/C23H19F3O4SSi/c1-14-6-4-5-7-17(14)22-18-10-8-15(27)12-20(18)32(2,3)21-13-16(9-11-19(21)22)30-31(28,29)23(24,25)26/h4-13H,1-3H3. The van der Waals surface area contributed by atoms with Gasteiger partial charge in [-0.05, 0) is 69.4 Å². The molecule has 0 unspecified atom stereocenters. The Morgan fingerprint density at radius 3 is 2.31 bits per heavy atom. The third-order valence-corrected chi connectivity index (χ3v) is 10.3. The topological polar surface area (TPSA) is 60.4 Å². The molecule has 4 rings (SSSR count). The highest BCUT2D eigenvalue weighted by atomic mass is 32.2. The van der Waals surface area contributed by atoms with Gasteiger partial charge in [-0.2, -0.15) is 21.6 Å². The van der Waals surface area contributed by atoms with Gasteiger partial charge in [-0.3, -0.25) is 4.79 Å². The van der Waals surface area contributed by atoms with Crippen molar-refractivity contribution in [1.29, 1.82) is 0 Å². The lowest BCUT2D eigenvalue weighted by molar-refractivity contribution is -0.110. The van der Waals surface area contributed by atoms with Gasteiger partial charge >= 0.3 is 15.6 Å². The molecule has 32 heavy (non-hydrogen) atoms. The predicted octanol–water partition coefficient (Wildman–Crippen LogP) is 4.56. The van der Waals surface area contributed by atoms with Gasteiger partial charge in [0.1, 0.15) is 13.8 Å². The molecule has 0 bridgehead atoms. The zero-order valence-corrected chi connectivity index (χ0v) is 19.3. The molecule has 4 nitrogen and oxygen atoms in total. The van der Waals surface area contributed by atoms with Gasteiger partial charge in [0.2, 0.25) is 0 Å². The minimum absolute atomic E-state index is 0.163. The van der Waals surface area contributed by atoms with E-state index < -0.39 is 29.4 Å². The first-order valence-corrected chi connectivity index (χ1v) is 14.1. The van der Waals surface area contributed by atoms with Crippen LogP contribution < -0.4 is 9.37 Å². The van der Waals surface area contributed by atoms with E-state index >= 15 is 0 Å². The number of alkyl halides is 3. The van der Waals surface area contributed by atoms with E-state index in [9.17, 15) is 26.4 Å². The highest BCUT2D eigenvalue weighted by Crippen LogP contribution is 2.42. The molecule has 0 atom stereocenters. The molecule has 2 aromatic carbocycles. The van der Waals surface area contributed by atoms with Crippen molar-refractivity contribution < 1.29 is 30.6 Å². The molecule has 9 heteroatoms. The lowest BCUT2D eigenvalue weighted by Gasteiger charge is -2.38. The quantitative estimate of drug-likeness (QED) is 0.370. The van der Waals surface area contributed by atoms with Crippen LogP contribution in [0.2, 0.25) is 13.1 Å². The SMILES string of the molecule is Cc1ccccc1C1=C2C=CC(=O)C=C2[Si](C)(C)c2cc(OS(=O)(=O)C(F)(F)F)ccc21. The highest BCUT2D eigenvalue weighted by Gasteiger charge is 2.49. The molecular weight excluding hydrogens is 457 g/mol. The van der Waals surface area contributed by atoms with Crippen molar-refractivity contribution >= 4 is 34.7 Å². The molecule has 0 amide bonds. The van der Waals surface area contributed by atoms with Gasteiger partial charge in [-0.1, -0.05) is 49.5 Å². The highest BCUT2D eigenvalue weighted by molar-refractivity contribution is 7.88. The first kappa shape index (κ1) is 22.3. The molecule has 1 heterocycles. The fraction of sp³-hybridized carbons (Fsp3) is 0.174. The lowest BCUT2D eigenvalue weighted by Crippen LogP contribution is -2.49. The monoisotopic (exact) mass is 476 g/mol. The summed E-state index contributed by atoms with van der Waals surface area (Å²) in [5.41, 5.74) is -1.07. The zero-order chi connectivity index (χ0) is 23.5. The van der Waals surface area contributed by atoms with Crippen LogP contribution in [-0.2, 0) is 14.9 Å². The zero-order valence-electron chi connectivity index (χ0n) is 17.4. The van der Waals surface area contributed by atoms with Gasteiger partial charge in [0.15, 0.2) is 5.78 Å². The Kier molecular flexibility index (Phi) is 5.09. The van der Waals surface area contributed by atoms with E-state index in [0.29, 0.717) is 5.19 Å². The molecule has 0 radical (unpaired) electrons. The van der Waals surface area contributed by atoms with Crippen molar-refractivity contribution in [2.75, 3.05) is 0 Å². The Bertz CT molecular complexity index is 1350. The third-order valence-electron chi connectivity index (χ3n) is 5.77. The number of halogens is 3. The number of aryl methyl sites for hydroxylation is 1. The Morgan fingerprint density at radius 2 is 1.66 bits per heavy atom. The van der Waals surface area contributed by atoms with Crippen molar-refractivity contribution in [3.05, 3.63) is 88.2 Å². The van der Waals surface area contributed by atoms with Crippen LogP contribution in [-0.4, -0.2) is 27.8 Å². The van der Waals surface area contributed by atoms with Gasteiger partial charge in [0.25, 0.3) is 0 Å². The van der Waals surface area contributed by atoms with Crippen LogP contribution in [0.25, 0.3) is 5.57 Å². The number of carbonyl (C=O) groups excluding carboxylic acids is 1. The fourth-order valence-electron chi connectivity index (χ4n) is 4.18. The first-order valence-electron chi connectivity index (χ1n) is 9.73. The second-order valence-electron chi connectivity index (χ2n) is 8.21. The number of benzene rings is 2. The van der Waals surface area contributed by atoms with Gasteiger partial charge in [-0.25, -0.2) is 0 Å². The normalized spacial score (nSPS) is 17.6. The van der Waals surface area contributed by atoms with Crippen molar-refractivity contribution in [3.8, 4) is 5.75 Å². The summed E-state index contributed by atoms with van der Waals surface area (Å²) in [5, 5.41) is 1.54. The number of hydrogen-bond donors (Lipinski definition) is 0. The van der Waals surface area contributed by atoms with Gasteiger partial charge in [0, 0.05) is 0 Å². The van der Waals surface area contributed by atoms with Crippen LogP contribution in [0.3, 0.4) is 0 Å². The second kappa shape index (κ2) is 7.31. The van der Waals surface area contributed by atoms with E-state index in [-0.39, 0.29) is 5.78 Å². The fourth-order valence-corrected chi connectivity index (χ4v) is 7.69. The van der Waals surface area contributed by atoms with E-state index in [1.54, 1.807) is 18.2 Å². The average Bonchev–Trinajstić information content (AvgIpc) is 2.69. The van der Waals surface area contributed by atoms with Gasteiger partial charge < -0.3 is 4.18 Å². The van der Waals surface area contributed by atoms with Crippen molar-refractivity contribution in [3.63, 3.8) is 0 Å². The van der Waals surface area contributed by atoms with E-state index in [2.05, 4.69) is 4.18 Å². The van der Waals surface area contributed by atoms with E-state index in [4.69, 9.17) is 0 Å². The van der Waals surface area contributed by atoms with E-state index in [1.807, 2.05) is 44.3 Å². The van der Waals surface area contributed by atoms with Crippen molar-refractivity contribution in [2.24, 2.45) is 0 Å². The molecule has 1 aliphatic carbocycles. The molecule has 0 aromatic heterocycles. The number of carbonyl (C=O) groups is 1. The van der Waals surface area contributed by atoms with E-state index in [1.165, 1.54) is 18.2 Å². The molecule has 0 fully saturated rings. The summed E-state index contributed by atoms with van der Waals surface area (Å²) in [6.45, 7) is 5.90. The molecule has 0 N–H and O–H groups in total. The smallest absolute Gasteiger partial charge is 0.376 e. The number of hydrogen-bond acceptors (Lipinski definition) is 4. The number of rotatable bonds is 3. The van der Waals surface area contributed by atoms with Crippen LogP contribution in [0.15, 0.2) is 71.5 Å². The maximum atomic E-state index is 12.8. The van der Waals surface area contributed by atoms with Crippen molar-refractivity contribution in [2.45, 2.75) is 25.5 Å². The molecular formula is C23H19F3O4SSi. The maximum Gasteiger partial charge on any atom is 0.534 e. The van der Waals surface area contributed by atoms with Gasteiger partial charge in [-0.15, -0.1) is 0 Å². The Balaban J connectivity index is 1.99. The molecule has 166 valence electrons. The number of allylic oxidation sites excluding steroid dienone is 5. The second-order valence-corrected chi connectivity index (χ2v) is 14.1. The first-order chi connectivity index (χ1) is 14.8. The predicted molar refractivity (Wildman–Crippen MR) is 119 cm³/mol. The molecule has 0 saturated heterocycles. The minimum atomic E-state index is -5.80. The molecule has 2 aliphatic rings. The summed E-state index contributed by atoms with van der Waals surface area (Å²) in [6, 6.07) is 11.9. The van der Waals surface area contributed by atoms with E-state index in [0.717, 1.165) is 33.0 Å². The summed E-state index contributed by atoms with van der Waals surface area (Å²) in [5.74, 6) is -0.573. The summed E-state index contributed by atoms with van der Waals surface area (Å²) in [7, 11) is -8.38. The third kappa shape index (κ3) is 3.55. The Labute approximate surface area is 184 Å². The molecule has 0 spiro atoms. The lowest BCUT2D eigenvalue weighted by atomic mass is 9.88. The summed E-state index contributed by atoms with van der Waals surface area (Å²) in [4.78, 5) is 12.2. The largest absolute Gasteiger partial charge is 0.534 e. The number of fused-ring (bicyclic) bond motifs is 2. The van der Waals surface area contributed by atoms with Crippen molar-refractivity contribution in [1.82, 2.24) is 0 Å². The molecule has 0 saturated carbocycles. The Morgan fingerprint density at radius 1 is 0.969 bits per heavy atom. The summed E-state index contributed by atoms with van der Waals surface area (Å²) < 4.78 is 66.0. The minimum Gasteiger partial charge on any atom is -0.376 e. The Hall–Kier alpha value is -2.91. The summed E-state index contributed by atoms with van der Waals surface area (Å²) in [6.07, 6.45) is 4.86. The van der Waals surface area contributed by atoms with Crippen LogP contribution in [0.1, 0.15) is 16.7 Å². The average molecular weight is 477 g/mol. The van der Waals surface area contributed by atoms with Crippen LogP contribution >= 0.6 is 0 Å². The molecule has 1 aliphatic heterocycles. The molecule has 2 aromatic rings. The maximum absolute atomic E-state index is 12.8. The van der Waals surface area contributed by atoms with Crippen LogP contribution in [0.5, 0.6) is 5.75 Å². The summed E-state index contributed by atoms with van der Waals surface area (Å²) >= 11 is 0. The number of ketones is 1.